The number of nitrogens with zero attached hydrogens (tertiary/aromatic N) is 4. The minimum atomic E-state index is -2.86. The van der Waals surface area contributed by atoms with Crippen molar-refractivity contribution in [2.45, 2.75) is 39.2 Å². The van der Waals surface area contributed by atoms with Crippen LogP contribution in [-0.4, -0.2) is 105 Å². The van der Waals surface area contributed by atoms with Gasteiger partial charge in [0.1, 0.15) is 0 Å². The Morgan fingerprint density at radius 1 is 1.11 bits per heavy atom. The molecular weight excluding hydrogens is 378 g/mol. The maximum absolute atomic E-state index is 12.6. The molecule has 3 aliphatic heterocycles. The summed E-state index contributed by atoms with van der Waals surface area (Å²) in [6, 6.07) is -0.0662. The molecule has 3 saturated heterocycles. The number of nitrogens with one attached hydrogen (secondary N) is 1. The molecule has 0 aromatic rings. The Hall–Kier alpha value is -1.35. The smallest absolute Gasteiger partial charge is 0.239 e. The first-order valence-electron chi connectivity index (χ1n) is 10.7. The molecule has 160 valence electrons. The van der Waals surface area contributed by atoms with Crippen molar-refractivity contribution in [1.82, 2.24) is 20.0 Å². The van der Waals surface area contributed by atoms with Gasteiger partial charge in [0.15, 0.2) is 15.8 Å². The summed E-state index contributed by atoms with van der Waals surface area (Å²) in [5, 5.41) is 3.34. The van der Waals surface area contributed by atoms with Gasteiger partial charge in [-0.15, -0.1) is 0 Å². The molecule has 2 unspecified atom stereocenters. The summed E-state index contributed by atoms with van der Waals surface area (Å²) in [5.74, 6) is 1.82. The van der Waals surface area contributed by atoms with Crippen LogP contribution in [0.2, 0.25) is 0 Å². The number of hydrogen-bond donors (Lipinski definition) is 1. The van der Waals surface area contributed by atoms with Crippen molar-refractivity contribution in [1.29, 1.82) is 0 Å². The lowest BCUT2D eigenvalue weighted by atomic mass is 10.1. The predicted molar refractivity (Wildman–Crippen MR) is 111 cm³/mol. The first-order chi connectivity index (χ1) is 13.4. The second kappa shape index (κ2) is 9.43. The van der Waals surface area contributed by atoms with Gasteiger partial charge in [-0.2, -0.15) is 0 Å². The molecule has 0 aromatic heterocycles. The number of guanidine groups is 1. The van der Waals surface area contributed by atoms with Gasteiger partial charge < -0.3 is 15.1 Å². The van der Waals surface area contributed by atoms with Crippen LogP contribution in [-0.2, 0) is 14.6 Å². The molecule has 8 nitrogen and oxygen atoms in total. The van der Waals surface area contributed by atoms with E-state index in [2.05, 4.69) is 15.1 Å². The number of likely N-dealkylation sites (tertiary alicyclic amines) is 1. The quantitative estimate of drug-likeness (QED) is 0.505. The Balaban J connectivity index is 1.52. The van der Waals surface area contributed by atoms with Gasteiger partial charge in [-0.05, 0) is 39.0 Å². The van der Waals surface area contributed by atoms with E-state index >= 15 is 0 Å². The SMILES string of the molecule is CCNC(=NCC1CCS(=O)(=O)C1)N1CCN(C(C)C(=O)N2CCCC2)CC1. The predicted octanol–water partition coefficient (Wildman–Crippen LogP) is 0.0151. The van der Waals surface area contributed by atoms with Gasteiger partial charge in [-0.3, -0.25) is 14.7 Å². The highest BCUT2D eigenvalue weighted by atomic mass is 32.2. The molecular formula is C19H35N5O3S. The number of rotatable bonds is 5. The molecule has 9 heteroatoms. The highest BCUT2D eigenvalue weighted by Gasteiger charge is 2.31. The van der Waals surface area contributed by atoms with Gasteiger partial charge in [0.2, 0.25) is 5.91 Å². The summed E-state index contributed by atoms with van der Waals surface area (Å²) < 4.78 is 23.3. The molecule has 0 aromatic carbocycles. The van der Waals surface area contributed by atoms with Crippen molar-refractivity contribution in [3.05, 3.63) is 0 Å². The number of hydrogen-bond acceptors (Lipinski definition) is 5. The van der Waals surface area contributed by atoms with E-state index in [1.807, 2.05) is 18.7 Å². The molecule has 1 amide bonds. The molecule has 0 saturated carbocycles. The van der Waals surface area contributed by atoms with Crippen molar-refractivity contribution in [3.8, 4) is 0 Å². The molecule has 28 heavy (non-hydrogen) atoms. The standard InChI is InChI=1S/C19H35N5O3S/c1-3-20-19(21-14-17-6-13-28(26,27)15-17)24-11-9-22(10-12-24)16(2)18(25)23-7-4-5-8-23/h16-17H,3-15H2,1-2H3,(H,20,21). The van der Waals surface area contributed by atoms with Crippen LogP contribution in [0.3, 0.4) is 0 Å². The third-order valence-electron chi connectivity index (χ3n) is 6.10. The second-order valence-corrected chi connectivity index (χ2v) is 10.4. The average Bonchev–Trinajstić information content (AvgIpc) is 3.34. The molecule has 3 rings (SSSR count). The van der Waals surface area contributed by atoms with Crippen LogP contribution < -0.4 is 5.32 Å². The average molecular weight is 414 g/mol. The summed E-state index contributed by atoms with van der Waals surface area (Å²) in [6.45, 7) is 10.5. The van der Waals surface area contributed by atoms with Crippen LogP contribution in [0.15, 0.2) is 4.99 Å². The summed E-state index contributed by atoms with van der Waals surface area (Å²) in [6.07, 6.45) is 2.96. The Morgan fingerprint density at radius 3 is 2.36 bits per heavy atom. The molecule has 3 aliphatic rings. The lowest BCUT2D eigenvalue weighted by molar-refractivity contribution is -0.135. The topological polar surface area (TPSA) is 85.3 Å². The van der Waals surface area contributed by atoms with Crippen LogP contribution in [0.4, 0.5) is 0 Å². The van der Waals surface area contributed by atoms with Crippen LogP contribution in [0.5, 0.6) is 0 Å². The fourth-order valence-corrected chi connectivity index (χ4v) is 6.19. The molecule has 0 aliphatic carbocycles. The Bertz CT molecular complexity index is 667. The number of piperazine rings is 1. The van der Waals surface area contributed by atoms with E-state index in [-0.39, 0.29) is 23.6 Å². The highest BCUT2D eigenvalue weighted by molar-refractivity contribution is 7.91. The van der Waals surface area contributed by atoms with E-state index in [0.29, 0.717) is 12.3 Å². The number of carbonyl (C=O) groups is 1. The summed E-state index contributed by atoms with van der Waals surface area (Å²) in [5.41, 5.74) is 0. The largest absolute Gasteiger partial charge is 0.357 e. The number of carbonyl (C=O) groups excluding carboxylic acids is 1. The fourth-order valence-electron chi connectivity index (χ4n) is 4.34. The number of sulfone groups is 1. The second-order valence-electron chi connectivity index (χ2n) is 8.20. The molecule has 1 N–H and O–H groups in total. The van der Waals surface area contributed by atoms with Crippen molar-refractivity contribution in [2.75, 3.05) is 63.9 Å². The molecule has 2 atom stereocenters. The minimum Gasteiger partial charge on any atom is -0.357 e. The van der Waals surface area contributed by atoms with E-state index in [0.717, 1.165) is 71.0 Å². The van der Waals surface area contributed by atoms with Gasteiger partial charge >= 0.3 is 0 Å². The molecule has 3 heterocycles. The van der Waals surface area contributed by atoms with Crippen LogP contribution in [0.25, 0.3) is 0 Å². The van der Waals surface area contributed by atoms with E-state index in [4.69, 9.17) is 4.99 Å². The van der Waals surface area contributed by atoms with Crippen LogP contribution in [0.1, 0.15) is 33.1 Å². The van der Waals surface area contributed by atoms with Gasteiger partial charge in [-0.25, -0.2) is 8.42 Å². The zero-order valence-corrected chi connectivity index (χ0v) is 18.1. The normalized spacial score (nSPS) is 27.2. The minimum absolute atomic E-state index is 0.0662. The van der Waals surface area contributed by atoms with Crippen molar-refractivity contribution in [3.63, 3.8) is 0 Å². The molecule has 3 fully saturated rings. The van der Waals surface area contributed by atoms with Crippen LogP contribution >= 0.6 is 0 Å². The number of aliphatic imine (C=N–C) groups is 1. The van der Waals surface area contributed by atoms with Gasteiger partial charge in [0.05, 0.1) is 17.5 Å². The van der Waals surface area contributed by atoms with Crippen molar-refractivity contribution >= 4 is 21.7 Å². The van der Waals surface area contributed by atoms with Crippen molar-refractivity contribution in [2.24, 2.45) is 10.9 Å². The van der Waals surface area contributed by atoms with Crippen LogP contribution in [0, 0.1) is 5.92 Å². The first-order valence-corrected chi connectivity index (χ1v) is 12.5. The Labute approximate surface area is 169 Å². The monoisotopic (exact) mass is 413 g/mol. The van der Waals surface area contributed by atoms with E-state index in [9.17, 15) is 13.2 Å². The van der Waals surface area contributed by atoms with E-state index in [1.54, 1.807) is 0 Å². The van der Waals surface area contributed by atoms with Gasteiger partial charge in [0, 0.05) is 52.4 Å². The lowest BCUT2D eigenvalue weighted by Crippen LogP contribution is -2.57. The van der Waals surface area contributed by atoms with E-state index < -0.39 is 9.84 Å². The summed E-state index contributed by atoms with van der Waals surface area (Å²) >= 11 is 0. The van der Waals surface area contributed by atoms with Gasteiger partial charge in [-0.1, -0.05) is 0 Å². The van der Waals surface area contributed by atoms with E-state index in [1.165, 1.54) is 0 Å². The fraction of sp³-hybridized carbons (Fsp3) is 0.895. The Kier molecular flexibility index (Phi) is 7.20. The van der Waals surface area contributed by atoms with Gasteiger partial charge in [0.25, 0.3) is 0 Å². The maximum atomic E-state index is 12.6. The zero-order valence-electron chi connectivity index (χ0n) is 17.3. The third-order valence-corrected chi connectivity index (χ3v) is 7.93. The zero-order chi connectivity index (χ0) is 20.1. The summed E-state index contributed by atoms with van der Waals surface area (Å²) in [4.78, 5) is 23.9. The Morgan fingerprint density at radius 2 is 1.79 bits per heavy atom. The number of amides is 1. The highest BCUT2D eigenvalue weighted by Crippen LogP contribution is 2.19. The third kappa shape index (κ3) is 5.37. The summed E-state index contributed by atoms with van der Waals surface area (Å²) in [7, 11) is -2.86. The van der Waals surface area contributed by atoms with Crippen molar-refractivity contribution < 1.29 is 13.2 Å². The first kappa shape index (κ1) is 21.4. The molecule has 0 radical (unpaired) electrons. The maximum Gasteiger partial charge on any atom is 0.239 e. The molecule has 0 spiro atoms. The lowest BCUT2D eigenvalue weighted by Gasteiger charge is -2.39. The molecule has 0 bridgehead atoms.